The second-order valence-corrected chi connectivity index (χ2v) is 6.62. The van der Waals surface area contributed by atoms with Crippen molar-refractivity contribution >= 4 is 43.2 Å². The van der Waals surface area contributed by atoms with E-state index < -0.39 is 9.84 Å². The molecular formula is C8H10BrClN2O2S. The fourth-order valence-corrected chi connectivity index (χ4v) is 2.07. The molecule has 15 heavy (non-hydrogen) atoms. The van der Waals surface area contributed by atoms with E-state index in [1.54, 1.807) is 12.3 Å². The number of hydrogen-bond acceptors (Lipinski definition) is 4. The van der Waals surface area contributed by atoms with Crippen LogP contribution in [0, 0.1) is 0 Å². The van der Waals surface area contributed by atoms with Crippen molar-refractivity contribution < 1.29 is 8.42 Å². The third kappa shape index (κ3) is 4.81. The molecule has 0 spiro atoms. The summed E-state index contributed by atoms with van der Waals surface area (Å²) in [6.45, 7) is 0.299. The summed E-state index contributed by atoms with van der Waals surface area (Å²) in [7, 11) is -2.96. The van der Waals surface area contributed by atoms with Crippen molar-refractivity contribution in [2.24, 2.45) is 0 Å². The standard InChI is InChI=1S/C8H10BrClN2O2S/c1-15(13,14)3-2-11-8-7(10)4-6(9)5-12-8/h4-5H,2-3H2,1H3,(H,11,12). The van der Waals surface area contributed by atoms with Gasteiger partial charge in [-0.05, 0) is 22.0 Å². The van der Waals surface area contributed by atoms with Crippen molar-refractivity contribution in [1.29, 1.82) is 0 Å². The van der Waals surface area contributed by atoms with Crippen molar-refractivity contribution in [3.05, 3.63) is 21.8 Å². The van der Waals surface area contributed by atoms with Crippen LogP contribution in [0.25, 0.3) is 0 Å². The van der Waals surface area contributed by atoms with E-state index in [0.29, 0.717) is 17.4 Å². The lowest BCUT2D eigenvalue weighted by Crippen LogP contribution is -2.14. The molecule has 0 aromatic carbocycles. The second-order valence-electron chi connectivity index (χ2n) is 3.04. The van der Waals surface area contributed by atoms with Crippen LogP contribution in [0.5, 0.6) is 0 Å². The molecule has 84 valence electrons. The van der Waals surface area contributed by atoms with Crippen LogP contribution in [-0.4, -0.2) is 32.0 Å². The molecule has 0 saturated heterocycles. The van der Waals surface area contributed by atoms with Gasteiger partial charge in [-0.25, -0.2) is 13.4 Å². The molecule has 0 saturated carbocycles. The molecule has 1 rings (SSSR count). The van der Waals surface area contributed by atoms with E-state index in [9.17, 15) is 8.42 Å². The lowest BCUT2D eigenvalue weighted by atomic mass is 10.4. The zero-order chi connectivity index (χ0) is 11.5. The van der Waals surface area contributed by atoms with Crippen LogP contribution in [0.15, 0.2) is 16.7 Å². The van der Waals surface area contributed by atoms with Gasteiger partial charge in [-0.1, -0.05) is 11.6 Å². The Hall–Kier alpha value is -0.330. The minimum absolute atomic E-state index is 0.0566. The van der Waals surface area contributed by atoms with Crippen molar-refractivity contribution in [3.63, 3.8) is 0 Å². The topological polar surface area (TPSA) is 59.1 Å². The Morgan fingerprint density at radius 2 is 2.27 bits per heavy atom. The predicted molar refractivity (Wildman–Crippen MR) is 65.1 cm³/mol. The van der Waals surface area contributed by atoms with E-state index in [0.717, 1.165) is 4.47 Å². The monoisotopic (exact) mass is 312 g/mol. The Morgan fingerprint density at radius 1 is 1.60 bits per heavy atom. The molecule has 0 fully saturated rings. The zero-order valence-corrected chi connectivity index (χ0v) is 11.2. The lowest BCUT2D eigenvalue weighted by molar-refractivity contribution is 0.602. The largest absolute Gasteiger partial charge is 0.368 e. The molecule has 0 bridgehead atoms. The average molecular weight is 314 g/mol. The molecule has 1 heterocycles. The number of anilines is 1. The van der Waals surface area contributed by atoms with Gasteiger partial charge in [-0.3, -0.25) is 0 Å². The lowest BCUT2D eigenvalue weighted by Gasteiger charge is -2.06. The molecule has 0 amide bonds. The number of pyridine rings is 1. The molecule has 4 nitrogen and oxygen atoms in total. The number of rotatable bonds is 4. The van der Waals surface area contributed by atoms with Gasteiger partial charge in [0.15, 0.2) is 0 Å². The van der Waals surface area contributed by atoms with E-state index in [1.807, 2.05) is 0 Å². The number of aromatic nitrogens is 1. The Labute approximate surface area is 102 Å². The normalized spacial score (nSPS) is 11.4. The highest BCUT2D eigenvalue weighted by Gasteiger charge is 2.04. The number of hydrogen-bond donors (Lipinski definition) is 1. The van der Waals surface area contributed by atoms with E-state index >= 15 is 0 Å². The van der Waals surface area contributed by atoms with Gasteiger partial charge in [0.1, 0.15) is 15.7 Å². The summed E-state index contributed by atoms with van der Waals surface area (Å²) >= 11 is 9.10. The fourth-order valence-electron chi connectivity index (χ4n) is 0.899. The summed E-state index contributed by atoms with van der Waals surface area (Å²) in [4.78, 5) is 4.01. The predicted octanol–water partition coefficient (Wildman–Crippen LogP) is 1.95. The van der Waals surface area contributed by atoms with E-state index in [-0.39, 0.29) is 5.75 Å². The average Bonchev–Trinajstić information content (AvgIpc) is 2.07. The maximum Gasteiger partial charge on any atom is 0.149 e. The Kier molecular flexibility index (Phi) is 4.36. The van der Waals surface area contributed by atoms with E-state index in [4.69, 9.17) is 11.6 Å². The van der Waals surface area contributed by atoms with Crippen molar-refractivity contribution in [2.75, 3.05) is 23.9 Å². The molecule has 1 N–H and O–H groups in total. The summed E-state index contributed by atoms with van der Waals surface area (Å²) in [5.74, 6) is 0.546. The van der Waals surface area contributed by atoms with Gasteiger partial charge in [-0.2, -0.15) is 0 Å². The van der Waals surface area contributed by atoms with Gasteiger partial charge >= 0.3 is 0 Å². The van der Waals surface area contributed by atoms with Crippen LogP contribution in [0.2, 0.25) is 5.02 Å². The van der Waals surface area contributed by atoms with Gasteiger partial charge in [0.2, 0.25) is 0 Å². The molecule has 0 unspecified atom stereocenters. The summed E-state index contributed by atoms with van der Waals surface area (Å²) in [6.07, 6.45) is 2.78. The highest BCUT2D eigenvalue weighted by molar-refractivity contribution is 9.10. The minimum Gasteiger partial charge on any atom is -0.368 e. The van der Waals surface area contributed by atoms with Crippen LogP contribution >= 0.6 is 27.5 Å². The van der Waals surface area contributed by atoms with Crippen LogP contribution < -0.4 is 5.32 Å². The first kappa shape index (κ1) is 12.7. The number of sulfone groups is 1. The minimum atomic E-state index is -2.96. The maximum atomic E-state index is 10.9. The third-order valence-electron chi connectivity index (χ3n) is 1.57. The van der Waals surface area contributed by atoms with Crippen LogP contribution in [-0.2, 0) is 9.84 Å². The molecule has 0 aliphatic heterocycles. The molecule has 0 aliphatic rings. The van der Waals surface area contributed by atoms with Crippen LogP contribution in [0.1, 0.15) is 0 Å². The first-order valence-corrected chi connectivity index (χ1v) is 7.34. The zero-order valence-electron chi connectivity index (χ0n) is 8.00. The second kappa shape index (κ2) is 5.14. The van der Waals surface area contributed by atoms with Crippen molar-refractivity contribution in [3.8, 4) is 0 Å². The first-order valence-electron chi connectivity index (χ1n) is 4.11. The molecule has 0 aliphatic carbocycles. The smallest absolute Gasteiger partial charge is 0.149 e. The molecule has 7 heteroatoms. The summed E-state index contributed by atoms with van der Waals surface area (Å²) in [5, 5.41) is 3.31. The van der Waals surface area contributed by atoms with Crippen LogP contribution in [0.3, 0.4) is 0 Å². The van der Waals surface area contributed by atoms with Crippen molar-refractivity contribution in [1.82, 2.24) is 4.98 Å². The van der Waals surface area contributed by atoms with Gasteiger partial charge < -0.3 is 5.32 Å². The summed E-state index contributed by atoms with van der Waals surface area (Å²) in [5.41, 5.74) is 0. The summed E-state index contributed by atoms with van der Waals surface area (Å²) < 4.78 is 22.5. The Morgan fingerprint density at radius 3 is 2.80 bits per heavy atom. The van der Waals surface area contributed by atoms with Gasteiger partial charge in [0, 0.05) is 23.5 Å². The molecular weight excluding hydrogens is 304 g/mol. The molecule has 0 atom stereocenters. The van der Waals surface area contributed by atoms with Gasteiger partial charge in [0.25, 0.3) is 0 Å². The molecule has 1 aromatic rings. The van der Waals surface area contributed by atoms with E-state index in [2.05, 4.69) is 26.2 Å². The quantitative estimate of drug-likeness (QED) is 0.923. The van der Waals surface area contributed by atoms with Gasteiger partial charge in [0.05, 0.1) is 10.8 Å². The number of nitrogens with zero attached hydrogens (tertiary/aromatic N) is 1. The van der Waals surface area contributed by atoms with Crippen LogP contribution in [0.4, 0.5) is 5.82 Å². The SMILES string of the molecule is CS(=O)(=O)CCNc1ncc(Br)cc1Cl. The number of halogens is 2. The third-order valence-corrected chi connectivity index (χ3v) is 3.24. The fraction of sp³-hybridized carbons (Fsp3) is 0.375. The summed E-state index contributed by atoms with van der Waals surface area (Å²) in [6, 6.07) is 1.69. The van der Waals surface area contributed by atoms with Crippen molar-refractivity contribution in [2.45, 2.75) is 0 Å². The van der Waals surface area contributed by atoms with Gasteiger partial charge in [-0.15, -0.1) is 0 Å². The Balaban J connectivity index is 2.59. The molecule has 0 radical (unpaired) electrons. The maximum absolute atomic E-state index is 10.9. The Bertz CT molecular complexity index is 450. The first-order chi connectivity index (χ1) is 6.88. The highest BCUT2D eigenvalue weighted by atomic mass is 79.9. The highest BCUT2D eigenvalue weighted by Crippen LogP contribution is 2.22. The number of nitrogens with one attached hydrogen (secondary N) is 1. The van der Waals surface area contributed by atoms with E-state index in [1.165, 1.54) is 6.26 Å². The molecule has 1 aromatic heterocycles.